The van der Waals surface area contributed by atoms with Crippen molar-refractivity contribution in [2.24, 2.45) is 11.3 Å². The molecule has 1 unspecified atom stereocenters. The van der Waals surface area contributed by atoms with Crippen molar-refractivity contribution >= 4 is 11.5 Å². The quantitative estimate of drug-likeness (QED) is 0.909. The molecular weight excluding hydrogens is 250 g/mol. The van der Waals surface area contributed by atoms with Crippen LogP contribution in [-0.2, 0) is 0 Å². The lowest BCUT2D eigenvalue weighted by molar-refractivity contribution is 0.300. The summed E-state index contributed by atoms with van der Waals surface area (Å²) in [7, 11) is 0. The van der Waals surface area contributed by atoms with Gasteiger partial charge >= 0.3 is 0 Å². The van der Waals surface area contributed by atoms with Gasteiger partial charge in [0.25, 0.3) is 0 Å². The lowest BCUT2D eigenvalue weighted by atomic mass is 9.84. The SMILES string of the molecule is Cc1nnc2ccc(NCCC(C)CC(C)(C)C)nn12. The molecule has 2 aromatic heterocycles. The second kappa shape index (κ2) is 5.77. The zero-order valence-electron chi connectivity index (χ0n) is 13.1. The van der Waals surface area contributed by atoms with E-state index in [0.29, 0.717) is 11.3 Å². The van der Waals surface area contributed by atoms with Gasteiger partial charge in [-0.05, 0) is 43.2 Å². The summed E-state index contributed by atoms with van der Waals surface area (Å²) in [4.78, 5) is 0. The summed E-state index contributed by atoms with van der Waals surface area (Å²) >= 11 is 0. The van der Waals surface area contributed by atoms with Crippen molar-refractivity contribution in [3.8, 4) is 0 Å². The maximum absolute atomic E-state index is 4.49. The molecule has 1 N–H and O–H groups in total. The van der Waals surface area contributed by atoms with Crippen LogP contribution >= 0.6 is 0 Å². The Bertz CT molecular complexity index is 567. The second-order valence-electron chi connectivity index (χ2n) is 6.82. The van der Waals surface area contributed by atoms with Crippen molar-refractivity contribution in [2.75, 3.05) is 11.9 Å². The highest BCUT2D eigenvalue weighted by Crippen LogP contribution is 2.25. The summed E-state index contributed by atoms with van der Waals surface area (Å²) in [5.74, 6) is 2.40. The molecule has 0 aliphatic rings. The van der Waals surface area contributed by atoms with Crippen LogP contribution in [0, 0.1) is 18.3 Å². The average Bonchev–Trinajstić information content (AvgIpc) is 2.69. The molecule has 0 saturated carbocycles. The van der Waals surface area contributed by atoms with Gasteiger partial charge in [-0.15, -0.1) is 15.3 Å². The zero-order chi connectivity index (χ0) is 14.8. The summed E-state index contributed by atoms with van der Waals surface area (Å²) in [6, 6.07) is 3.89. The fourth-order valence-corrected chi connectivity index (χ4v) is 2.58. The van der Waals surface area contributed by atoms with Gasteiger partial charge in [0.2, 0.25) is 0 Å². The minimum Gasteiger partial charge on any atom is -0.369 e. The van der Waals surface area contributed by atoms with E-state index in [2.05, 4.69) is 48.3 Å². The standard InChI is InChI=1S/C15H25N5/c1-11(10-15(3,4)5)8-9-16-13-6-7-14-18-17-12(2)20(14)19-13/h6-7,11H,8-10H2,1-5H3,(H,16,19). The molecule has 0 spiro atoms. The Morgan fingerprint density at radius 3 is 2.70 bits per heavy atom. The lowest BCUT2D eigenvalue weighted by Gasteiger charge is -2.23. The van der Waals surface area contributed by atoms with Gasteiger partial charge in [-0.1, -0.05) is 27.7 Å². The Morgan fingerprint density at radius 2 is 2.00 bits per heavy atom. The number of nitrogens with zero attached hydrogens (tertiary/aromatic N) is 4. The predicted octanol–water partition coefficient (Wildman–Crippen LogP) is 3.31. The third-order valence-corrected chi connectivity index (χ3v) is 3.32. The molecule has 2 rings (SSSR count). The monoisotopic (exact) mass is 275 g/mol. The highest BCUT2D eigenvalue weighted by molar-refractivity contribution is 5.43. The molecule has 0 amide bonds. The van der Waals surface area contributed by atoms with E-state index in [0.717, 1.165) is 30.3 Å². The van der Waals surface area contributed by atoms with Crippen molar-refractivity contribution in [2.45, 2.75) is 47.5 Å². The first-order valence-electron chi connectivity index (χ1n) is 7.28. The number of nitrogens with one attached hydrogen (secondary N) is 1. The van der Waals surface area contributed by atoms with Gasteiger partial charge in [0, 0.05) is 6.54 Å². The molecule has 0 saturated heterocycles. The van der Waals surface area contributed by atoms with Gasteiger partial charge in [0.05, 0.1) is 0 Å². The second-order valence-corrected chi connectivity index (χ2v) is 6.82. The van der Waals surface area contributed by atoms with Crippen LogP contribution in [0.2, 0.25) is 0 Å². The molecule has 0 fully saturated rings. The van der Waals surface area contributed by atoms with Crippen LogP contribution in [0.4, 0.5) is 5.82 Å². The zero-order valence-corrected chi connectivity index (χ0v) is 13.1. The minimum atomic E-state index is 0.399. The summed E-state index contributed by atoms with van der Waals surface area (Å²) in [6.07, 6.45) is 2.39. The van der Waals surface area contributed by atoms with Crippen molar-refractivity contribution < 1.29 is 0 Å². The topological polar surface area (TPSA) is 55.1 Å². The highest BCUT2D eigenvalue weighted by atomic mass is 15.4. The molecule has 0 aliphatic heterocycles. The Balaban J connectivity index is 1.88. The molecule has 5 nitrogen and oxygen atoms in total. The maximum atomic E-state index is 4.49. The normalized spacial score (nSPS) is 13.7. The smallest absolute Gasteiger partial charge is 0.178 e. The Kier molecular flexibility index (Phi) is 4.26. The molecule has 20 heavy (non-hydrogen) atoms. The van der Waals surface area contributed by atoms with E-state index in [4.69, 9.17) is 0 Å². The highest BCUT2D eigenvalue weighted by Gasteiger charge is 2.14. The number of hydrogen-bond donors (Lipinski definition) is 1. The van der Waals surface area contributed by atoms with E-state index >= 15 is 0 Å². The third-order valence-electron chi connectivity index (χ3n) is 3.32. The largest absolute Gasteiger partial charge is 0.369 e. The van der Waals surface area contributed by atoms with Crippen LogP contribution in [-0.4, -0.2) is 26.4 Å². The molecule has 2 aromatic rings. The first-order chi connectivity index (χ1) is 9.35. The molecule has 110 valence electrons. The van der Waals surface area contributed by atoms with Crippen LogP contribution in [0.3, 0.4) is 0 Å². The van der Waals surface area contributed by atoms with E-state index in [-0.39, 0.29) is 0 Å². The fraction of sp³-hybridized carbons (Fsp3) is 0.667. The third kappa shape index (κ3) is 3.92. The molecular formula is C15H25N5. The number of aryl methyl sites for hydroxylation is 1. The molecule has 5 heteroatoms. The number of anilines is 1. The van der Waals surface area contributed by atoms with Crippen LogP contribution in [0.1, 0.15) is 46.4 Å². The van der Waals surface area contributed by atoms with E-state index in [1.807, 2.05) is 19.1 Å². The van der Waals surface area contributed by atoms with Crippen molar-refractivity contribution in [3.63, 3.8) is 0 Å². The van der Waals surface area contributed by atoms with Gasteiger partial charge < -0.3 is 5.32 Å². The van der Waals surface area contributed by atoms with Crippen LogP contribution < -0.4 is 5.32 Å². The van der Waals surface area contributed by atoms with Gasteiger partial charge in [0.1, 0.15) is 5.82 Å². The first kappa shape index (κ1) is 14.8. The van der Waals surface area contributed by atoms with E-state index in [1.165, 1.54) is 6.42 Å². The number of hydrogen-bond acceptors (Lipinski definition) is 4. The Labute approximate surface area is 120 Å². The molecule has 0 radical (unpaired) electrons. The van der Waals surface area contributed by atoms with Gasteiger partial charge in [-0.25, -0.2) is 0 Å². The summed E-state index contributed by atoms with van der Waals surface area (Å²) in [5.41, 5.74) is 1.19. The Morgan fingerprint density at radius 1 is 1.25 bits per heavy atom. The summed E-state index contributed by atoms with van der Waals surface area (Å²) in [6.45, 7) is 12.0. The predicted molar refractivity (Wildman–Crippen MR) is 81.9 cm³/mol. The summed E-state index contributed by atoms with van der Waals surface area (Å²) in [5, 5.41) is 15.9. The molecule has 2 heterocycles. The summed E-state index contributed by atoms with van der Waals surface area (Å²) < 4.78 is 1.76. The lowest BCUT2D eigenvalue weighted by Crippen LogP contribution is -2.15. The van der Waals surface area contributed by atoms with Crippen LogP contribution in [0.15, 0.2) is 12.1 Å². The van der Waals surface area contributed by atoms with Gasteiger partial charge in [-0.3, -0.25) is 0 Å². The fourth-order valence-electron chi connectivity index (χ4n) is 2.58. The maximum Gasteiger partial charge on any atom is 0.178 e. The number of fused-ring (bicyclic) bond motifs is 1. The molecule has 0 aliphatic carbocycles. The minimum absolute atomic E-state index is 0.399. The number of aromatic nitrogens is 4. The van der Waals surface area contributed by atoms with Crippen LogP contribution in [0.5, 0.6) is 0 Å². The first-order valence-corrected chi connectivity index (χ1v) is 7.28. The van der Waals surface area contributed by atoms with Crippen molar-refractivity contribution in [1.82, 2.24) is 19.8 Å². The average molecular weight is 275 g/mol. The van der Waals surface area contributed by atoms with Crippen LogP contribution in [0.25, 0.3) is 5.65 Å². The molecule has 0 bridgehead atoms. The Hall–Kier alpha value is -1.65. The van der Waals surface area contributed by atoms with Crippen molar-refractivity contribution in [1.29, 1.82) is 0 Å². The van der Waals surface area contributed by atoms with E-state index in [1.54, 1.807) is 4.52 Å². The van der Waals surface area contributed by atoms with Gasteiger partial charge in [0.15, 0.2) is 11.5 Å². The molecule has 0 aromatic carbocycles. The van der Waals surface area contributed by atoms with Gasteiger partial charge in [-0.2, -0.15) is 4.52 Å². The number of rotatable bonds is 5. The van der Waals surface area contributed by atoms with E-state index in [9.17, 15) is 0 Å². The van der Waals surface area contributed by atoms with Crippen molar-refractivity contribution in [3.05, 3.63) is 18.0 Å². The van der Waals surface area contributed by atoms with E-state index < -0.39 is 0 Å². The molecule has 1 atom stereocenters.